The quantitative estimate of drug-likeness (QED) is 0.390. The van der Waals surface area contributed by atoms with Crippen molar-refractivity contribution in [3.05, 3.63) is 66.7 Å². The van der Waals surface area contributed by atoms with Gasteiger partial charge in [0.15, 0.2) is 5.13 Å². The lowest BCUT2D eigenvalue weighted by Gasteiger charge is -2.03. The lowest BCUT2D eigenvalue weighted by molar-refractivity contribution is 0.415. The molecule has 2 heterocycles. The average molecular weight is 390 g/mol. The monoisotopic (exact) mass is 389 g/mol. The van der Waals surface area contributed by atoms with Crippen molar-refractivity contribution in [2.45, 2.75) is 0 Å². The molecule has 0 aliphatic rings. The third-order valence-corrected chi connectivity index (χ3v) is 6.29. The minimum Gasteiger partial charge on any atom is -0.497 e. The van der Waals surface area contributed by atoms with Gasteiger partial charge in [0.2, 0.25) is 0 Å². The van der Waals surface area contributed by atoms with Crippen molar-refractivity contribution < 1.29 is 4.74 Å². The van der Waals surface area contributed by atoms with Crippen LogP contribution in [-0.2, 0) is 0 Å². The topological polar surface area (TPSA) is 47.0 Å². The highest BCUT2D eigenvalue weighted by atomic mass is 32.1. The molecule has 0 bridgehead atoms. The zero-order valence-corrected chi connectivity index (χ0v) is 16.1. The number of thiazole rings is 2. The zero-order chi connectivity index (χ0) is 18.2. The highest BCUT2D eigenvalue weighted by molar-refractivity contribution is 7.22. The molecule has 3 aromatic carbocycles. The van der Waals surface area contributed by atoms with Gasteiger partial charge in [-0.1, -0.05) is 23.5 Å². The van der Waals surface area contributed by atoms with Crippen molar-refractivity contribution in [3.8, 4) is 16.3 Å². The second-order valence-electron chi connectivity index (χ2n) is 6.04. The minimum atomic E-state index is 0.845. The normalized spacial score (nSPS) is 11.1. The van der Waals surface area contributed by atoms with Crippen LogP contribution < -0.4 is 10.1 Å². The van der Waals surface area contributed by atoms with Gasteiger partial charge in [-0.2, -0.15) is 0 Å². The van der Waals surface area contributed by atoms with E-state index in [0.717, 1.165) is 42.9 Å². The number of anilines is 2. The molecule has 6 heteroatoms. The molecule has 0 unspecified atom stereocenters. The molecule has 0 saturated heterocycles. The molecule has 132 valence electrons. The predicted octanol–water partition coefficient (Wildman–Crippen LogP) is 6.33. The van der Waals surface area contributed by atoms with Crippen LogP contribution >= 0.6 is 22.7 Å². The summed E-state index contributed by atoms with van der Waals surface area (Å²) in [5.74, 6) is 0.845. The molecule has 0 radical (unpaired) electrons. The van der Waals surface area contributed by atoms with Gasteiger partial charge < -0.3 is 10.1 Å². The fourth-order valence-corrected chi connectivity index (χ4v) is 4.79. The Morgan fingerprint density at radius 3 is 2.44 bits per heavy atom. The molecule has 0 fully saturated rings. The molecule has 27 heavy (non-hydrogen) atoms. The number of benzene rings is 3. The van der Waals surface area contributed by atoms with Crippen LogP contribution in [-0.4, -0.2) is 17.1 Å². The van der Waals surface area contributed by atoms with Gasteiger partial charge in [-0.15, -0.1) is 11.3 Å². The van der Waals surface area contributed by atoms with E-state index in [1.54, 1.807) is 29.8 Å². The van der Waals surface area contributed by atoms with Crippen LogP contribution in [0.15, 0.2) is 66.7 Å². The molecule has 0 atom stereocenters. The molecule has 0 aliphatic heterocycles. The Bertz CT molecular complexity index is 1210. The van der Waals surface area contributed by atoms with Crippen LogP contribution in [0.4, 0.5) is 10.8 Å². The lowest BCUT2D eigenvalue weighted by atomic mass is 10.2. The maximum absolute atomic E-state index is 5.28. The summed E-state index contributed by atoms with van der Waals surface area (Å²) in [5, 5.41) is 5.29. The number of ether oxygens (including phenoxy) is 1. The van der Waals surface area contributed by atoms with E-state index in [2.05, 4.69) is 40.6 Å². The summed E-state index contributed by atoms with van der Waals surface area (Å²) in [5.41, 5.74) is 4.14. The number of methoxy groups -OCH3 is 1. The minimum absolute atomic E-state index is 0.845. The van der Waals surface area contributed by atoms with E-state index in [-0.39, 0.29) is 0 Å². The van der Waals surface area contributed by atoms with Gasteiger partial charge in [-0.05, 0) is 54.6 Å². The smallest absolute Gasteiger partial charge is 0.188 e. The van der Waals surface area contributed by atoms with Crippen molar-refractivity contribution in [2.75, 3.05) is 12.4 Å². The second-order valence-corrected chi connectivity index (χ2v) is 8.10. The molecular weight excluding hydrogens is 374 g/mol. The number of para-hydroxylation sites is 1. The maximum Gasteiger partial charge on any atom is 0.188 e. The number of nitrogens with one attached hydrogen (secondary N) is 1. The Labute approximate surface area is 164 Å². The van der Waals surface area contributed by atoms with E-state index in [1.165, 1.54) is 4.70 Å². The number of aromatic nitrogens is 2. The number of fused-ring (bicyclic) bond motifs is 2. The number of hydrogen-bond acceptors (Lipinski definition) is 6. The standard InChI is InChI=1S/C21H15N3OS2/c1-25-15-10-11-17-19(12-15)27-21(24-17)22-14-8-6-13(7-9-14)20-23-16-4-2-3-5-18(16)26-20/h2-12H,1H3,(H,22,24). The van der Waals surface area contributed by atoms with Crippen LogP contribution in [0.25, 0.3) is 31.0 Å². The molecular formula is C21H15N3OS2. The number of nitrogens with zero attached hydrogens (tertiary/aromatic N) is 2. The lowest BCUT2D eigenvalue weighted by Crippen LogP contribution is -1.88. The van der Waals surface area contributed by atoms with Crippen LogP contribution in [0.1, 0.15) is 0 Å². The fraction of sp³-hybridized carbons (Fsp3) is 0.0476. The molecule has 0 aliphatic carbocycles. The van der Waals surface area contributed by atoms with Gasteiger partial charge in [0.25, 0.3) is 0 Å². The van der Waals surface area contributed by atoms with Crippen molar-refractivity contribution in [1.29, 1.82) is 0 Å². The SMILES string of the molecule is COc1ccc2nc(Nc3ccc(-c4nc5ccccc5s4)cc3)sc2c1. The van der Waals surface area contributed by atoms with E-state index < -0.39 is 0 Å². The van der Waals surface area contributed by atoms with Gasteiger partial charge >= 0.3 is 0 Å². The van der Waals surface area contributed by atoms with Crippen molar-refractivity contribution in [1.82, 2.24) is 9.97 Å². The van der Waals surface area contributed by atoms with Crippen LogP contribution in [0.5, 0.6) is 5.75 Å². The van der Waals surface area contributed by atoms with E-state index in [0.29, 0.717) is 0 Å². The largest absolute Gasteiger partial charge is 0.497 e. The van der Waals surface area contributed by atoms with Gasteiger partial charge in [0.1, 0.15) is 10.8 Å². The number of hydrogen-bond donors (Lipinski definition) is 1. The van der Waals surface area contributed by atoms with Gasteiger partial charge in [0.05, 0.1) is 27.5 Å². The maximum atomic E-state index is 5.28. The van der Waals surface area contributed by atoms with E-state index in [1.807, 2.05) is 36.4 Å². The van der Waals surface area contributed by atoms with E-state index in [4.69, 9.17) is 9.72 Å². The first-order valence-electron chi connectivity index (χ1n) is 8.46. The molecule has 1 N–H and O–H groups in total. The summed E-state index contributed by atoms with van der Waals surface area (Å²) in [6, 6.07) is 22.5. The van der Waals surface area contributed by atoms with Gasteiger partial charge in [-0.25, -0.2) is 9.97 Å². The second kappa shape index (κ2) is 6.64. The molecule has 0 saturated carbocycles. The summed E-state index contributed by atoms with van der Waals surface area (Å²) >= 11 is 3.33. The first kappa shape index (κ1) is 16.2. The third kappa shape index (κ3) is 3.13. The summed E-state index contributed by atoms with van der Waals surface area (Å²) in [7, 11) is 1.67. The summed E-state index contributed by atoms with van der Waals surface area (Å²) in [6.07, 6.45) is 0. The highest BCUT2D eigenvalue weighted by Gasteiger charge is 2.08. The van der Waals surface area contributed by atoms with Gasteiger partial charge in [-0.3, -0.25) is 0 Å². The fourth-order valence-electron chi connectivity index (χ4n) is 2.90. The Morgan fingerprint density at radius 2 is 1.63 bits per heavy atom. The highest BCUT2D eigenvalue weighted by Crippen LogP contribution is 2.33. The molecule has 0 amide bonds. The van der Waals surface area contributed by atoms with Crippen LogP contribution in [0, 0.1) is 0 Å². The molecule has 4 nitrogen and oxygen atoms in total. The molecule has 5 rings (SSSR count). The predicted molar refractivity (Wildman–Crippen MR) is 115 cm³/mol. The van der Waals surface area contributed by atoms with E-state index >= 15 is 0 Å². The first-order chi connectivity index (χ1) is 13.3. The van der Waals surface area contributed by atoms with Crippen molar-refractivity contribution in [2.24, 2.45) is 0 Å². The third-order valence-electron chi connectivity index (χ3n) is 4.27. The summed E-state index contributed by atoms with van der Waals surface area (Å²) in [6.45, 7) is 0. The first-order valence-corrected chi connectivity index (χ1v) is 10.1. The van der Waals surface area contributed by atoms with Crippen molar-refractivity contribution >= 4 is 53.9 Å². The Hall–Kier alpha value is -2.96. The average Bonchev–Trinajstić information content (AvgIpc) is 3.31. The Balaban J connectivity index is 1.40. The van der Waals surface area contributed by atoms with Crippen LogP contribution in [0.2, 0.25) is 0 Å². The Kier molecular flexibility index (Phi) is 3.99. The zero-order valence-electron chi connectivity index (χ0n) is 14.5. The molecule has 0 spiro atoms. The molecule has 2 aromatic heterocycles. The Morgan fingerprint density at radius 1 is 0.815 bits per heavy atom. The number of rotatable bonds is 4. The van der Waals surface area contributed by atoms with E-state index in [9.17, 15) is 0 Å². The van der Waals surface area contributed by atoms with Crippen LogP contribution in [0.3, 0.4) is 0 Å². The van der Waals surface area contributed by atoms with Gasteiger partial charge in [0, 0.05) is 11.3 Å². The summed E-state index contributed by atoms with van der Waals surface area (Å²) in [4.78, 5) is 9.35. The summed E-state index contributed by atoms with van der Waals surface area (Å²) < 4.78 is 7.59. The van der Waals surface area contributed by atoms with Crippen molar-refractivity contribution in [3.63, 3.8) is 0 Å². The molecule has 5 aromatic rings.